The van der Waals surface area contributed by atoms with Crippen LogP contribution in [-0.2, 0) is 4.74 Å². The third kappa shape index (κ3) is 5.93. The van der Waals surface area contributed by atoms with Crippen LogP contribution < -0.4 is 5.32 Å². The summed E-state index contributed by atoms with van der Waals surface area (Å²) in [7, 11) is 0. The van der Waals surface area contributed by atoms with Crippen LogP contribution in [0.1, 0.15) is 30.5 Å². The first-order valence-electron chi connectivity index (χ1n) is 13.0. The second-order valence-electron chi connectivity index (χ2n) is 9.46. The average Bonchev–Trinajstić information content (AvgIpc) is 3.42. The second kappa shape index (κ2) is 11.8. The summed E-state index contributed by atoms with van der Waals surface area (Å²) in [5, 5.41) is 3.51. The fourth-order valence-electron chi connectivity index (χ4n) is 4.83. The third-order valence-corrected chi connectivity index (χ3v) is 6.86. The van der Waals surface area contributed by atoms with E-state index in [1.807, 2.05) is 36.5 Å². The number of halogens is 1. The van der Waals surface area contributed by atoms with Crippen molar-refractivity contribution in [3.8, 4) is 22.4 Å². The van der Waals surface area contributed by atoms with Gasteiger partial charge in [-0.25, -0.2) is 14.2 Å². The number of nitrogens with zero attached hydrogens (tertiary/aromatic N) is 2. The Hall–Kier alpha value is -4.65. The molecule has 0 radical (unpaired) electrons. The monoisotopic (exact) mass is 522 g/mol. The van der Waals surface area contributed by atoms with Crippen molar-refractivity contribution in [3.63, 3.8) is 0 Å². The van der Waals surface area contributed by atoms with Crippen molar-refractivity contribution in [1.29, 1.82) is 0 Å². The van der Waals surface area contributed by atoms with Crippen molar-refractivity contribution in [2.75, 3.05) is 25.0 Å². The maximum atomic E-state index is 13.7. The smallest absolute Gasteiger partial charge is 0.410 e. The molecular formula is C32H31FN4O2. The largest absolute Gasteiger partial charge is 0.445 e. The van der Waals surface area contributed by atoms with Crippen LogP contribution in [0.4, 0.5) is 15.0 Å². The van der Waals surface area contributed by atoms with Gasteiger partial charge in [0.05, 0.1) is 5.69 Å². The highest BCUT2D eigenvalue weighted by atomic mass is 19.1. The first kappa shape index (κ1) is 26.0. The minimum absolute atomic E-state index is 0.0732. The van der Waals surface area contributed by atoms with Gasteiger partial charge in [0, 0.05) is 42.7 Å². The molecule has 0 fully saturated rings. The molecule has 0 saturated heterocycles. The molecule has 4 aromatic rings. The number of aromatic amines is 1. The summed E-state index contributed by atoms with van der Waals surface area (Å²) in [5.74, 6) is 0.477. The molecular weight excluding hydrogens is 491 g/mol. The topological polar surface area (TPSA) is 70.2 Å². The first-order valence-corrected chi connectivity index (χ1v) is 13.0. The number of rotatable bonds is 8. The number of hydrogen-bond donors (Lipinski definition) is 2. The highest BCUT2D eigenvalue weighted by molar-refractivity contribution is 5.92. The molecule has 0 bridgehead atoms. The third-order valence-electron chi connectivity index (χ3n) is 6.86. The van der Waals surface area contributed by atoms with Crippen LogP contribution in [0, 0.1) is 5.82 Å². The van der Waals surface area contributed by atoms with Gasteiger partial charge in [0.2, 0.25) is 0 Å². The van der Waals surface area contributed by atoms with Gasteiger partial charge in [-0.05, 0) is 72.0 Å². The molecule has 0 spiro atoms. The highest BCUT2D eigenvalue weighted by Gasteiger charge is 2.23. The Morgan fingerprint density at radius 2 is 1.97 bits per heavy atom. The van der Waals surface area contributed by atoms with Crippen LogP contribution in [0.3, 0.4) is 0 Å². The van der Waals surface area contributed by atoms with Crippen LogP contribution in [0.5, 0.6) is 0 Å². The highest BCUT2D eigenvalue weighted by Crippen LogP contribution is 2.40. The lowest BCUT2D eigenvalue weighted by molar-refractivity contribution is 0.116. The normalized spacial score (nSPS) is 13.9. The quantitative estimate of drug-likeness (QED) is 0.236. The number of ether oxygens (including phenoxy) is 1. The lowest BCUT2D eigenvalue weighted by Crippen LogP contribution is -2.35. The van der Waals surface area contributed by atoms with E-state index in [4.69, 9.17) is 4.74 Å². The molecule has 1 amide bonds. The molecule has 7 heteroatoms. The van der Waals surface area contributed by atoms with Gasteiger partial charge in [0.1, 0.15) is 18.2 Å². The zero-order valence-corrected chi connectivity index (χ0v) is 21.9. The van der Waals surface area contributed by atoms with E-state index in [0.717, 1.165) is 39.3 Å². The number of pyridine rings is 1. The van der Waals surface area contributed by atoms with Crippen molar-refractivity contribution in [3.05, 3.63) is 115 Å². The number of benzene rings is 2. The minimum atomic E-state index is -0.344. The Balaban J connectivity index is 1.49. The van der Waals surface area contributed by atoms with Crippen molar-refractivity contribution in [2.24, 2.45) is 0 Å². The van der Waals surface area contributed by atoms with Gasteiger partial charge in [0.25, 0.3) is 0 Å². The van der Waals surface area contributed by atoms with Crippen molar-refractivity contribution in [2.45, 2.75) is 19.4 Å². The fourth-order valence-corrected chi connectivity index (χ4v) is 4.83. The van der Waals surface area contributed by atoms with Crippen molar-refractivity contribution in [1.82, 2.24) is 14.9 Å². The molecule has 0 saturated carbocycles. The predicted molar refractivity (Wildman–Crippen MR) is 154 cm³/mol. The molecule has 1 unspecified atom stereocenters. The summed E-state index contributed by atoms with van der Waals surface area (Å²) < 4.78 is 18.9. The van der Waals surface area contributed by atoms with Gasteiger partial charge in [-0.3, -0.25) is 0 Å². The molecule has 2 N–H and O–H groups in total. The van der Waals surface area contributed by atoms with Gasteiger partial charge >= 0.3 is 6.09 Å². The number of aromatic nitrogens is 2. The molecule has 6 nitrogen and oxygen atoms in total. The standard InChI is InChI=1S/C32H31FN4O2/c1-3-19-39-32(38)37-17-14-24(15-18-37)28-21-35-31(25-9-11-27(33)12-10-25)30(28)26-13-16-34-29(20-26)36-22(2)23-7-5-4-6-8-23/h3-14,16,20-22,35H,1,15,17-19H2,2H3,(H,34,36). The summed E-state index contributed by atoms with van der Waals surface area (Å²) in [6.45, 7) is 6.90. The van der Waals surface area contributed by atoms with Crippen LogP contribution >= 0.6 is 0 Å². The average molecular weight is 523 g/mol. The van der Waals surface area contributed by atoms with E-state index < -0.39 is 0 Å². The number of amides is 1. The summed E-state index contributed by atoms with van der Waals surface area (Å²) in [6.07, 6.45) is 7.75. The van der Waals surface area contributed by atoms with E-state index in [1.165, 1.54) is 17.7 Å². The van der Waals surface area contributed by atoms with E-state index in [9.17, 15) is 9.18 Å². The molecule has 198 valence electrons. The second-order valence-corrected chi connectivity index (χ2v) is 9.46. The predicted octanol–water partition coefficient (Wildman–Crippen LogP) is 7.47. The Bertz CT molecular complexity index is 1480. The summed E-state index contributed by atoms with van der Waals surface area (Å²) >= 11 is 0. The van der Waals surface area contributed by atoms with Crippen molar-refractivity contribution >= 4 is 17.5 Å². The van der Waals surface area contributed by atoms with E-state index >= 15 is 0 Å². The molecule has 0 aliphatic carbocycles. The molecule has 39 heavy (non-hydrogen) atoms. The number of hydrogen-bond acceptors (Lipinski definition) is 4. The fraction of sp³-hybridized carbons (Fsp3) is 0.188. The maximum Gasteiger partial charge on any atom is 0.410 e. The van der Waals surface area contributed by atoms with Crippen LogP contribution in [-0.4, -0.2) is 40.7 Å². The minimum Gasteiger partial charge on any atom is -0.445 e. The van der Waals surface area contributed by atoms with Gasteiger partial charge in [0.15, 0.2) is 0 Å². The lowest BCUT2D eigenvalue weighted by Gasteiger charge is -2.26. The first-order chi connectivity index (χ1) is 19.0. The Morgan fingerprint density at radius 1 is 1.18 bits per heavy atom. The van der Waals surface area contributed by atoms with E-state index in [2.05, 4.69) is 47.0 Å². The summed E-state index contributed by atoms with van der Waals surface area (Å²) in [6, 6.07) is 20.8. The number of carbonyl (C=O) groups is 1. The van der Waals surface area contributed by atoms with E-state index in [-0.39, 0.29) is 24.6 Å². The molecule has 1 aliphatic heterocycles. The zero-order chi connectivity index (χ0) is 27.2. The SMILES string of the molecule is C=CCOC(=O)N1CC=C(c2c[nH]c(-c3ccc(F)cc3)c2-c2ccnc(NC(C)c3ccccc3)c2)CC1. The Kier molecular flexibility index (Phi) is 7.87. The number of anilines is 1. The maximum absolute atomic E-state index is 13.7. The van der Waals surface area contributed by atoms with Gasteiger partial charge in [-0.2, -0.15) is 0 Å². The number of nitrogens with one attached hydrogen (secondary N) is 2. The van der Waals surface area contributed by atoms with Crippen LogP contribution in [0.2, 0.25) is 0 Å². The summed E-state index contributed by atoms with van der Waals surface area (Å²) in [4.78, 5) is 22.0. The van der Waals surface area contributed by atoms with Crippen LogP contribution in [0.15, 0.2) is 97.9 Å². The van der Waals surface area contributed by atoms with Crippen molar-refractivity contribution < 1.29 is 13.9 Å². The van der Waals surface area contributed by atoms with Crippen LogP contribution in [0.25, 0.3) is 28.0 Å². The lowest BCUT2D eigenvalue weighted by atomic mass is 9.92. The molecule has 3 heterocycles. The molecule has 5 rings (SSSR count). The number of carbonyl (C=O) groups excluding carboxylic acids is 1. The van der Waals surface area contributed by atoms with E-state index in [1.54, 1.807) is 29.3 Å². The summed E-state index contributed by atoms with van der Waals surface area (Å²) in [5.41, 5.74) is 7.11. The van der Waals surface area contributed by atoms with Gasteiger partial charge in [-0.15, -0.1) is 0 Å². The Morgan fingerprint density at radius 3 is 2.69 bits per heavy atom. The van der Waals surface area contributed by atoms with Gasteiger partial charge < -0.3 is 19.9 Å². The molecule has 2 aromatic heterocycles. The molecule has 1 atom stereocenters. The molecule has 1 aliphatic rings. The van der Waals surface area contributed by atoms with E-state index in [0.29, 0.717) is 19.5 Å². The number of H-pyrrole nitrogens is 1. The molecule has 2 aromatic carbocycles. The Labute approximate surface area is 227 Å². The van der Waals surface area contributed by atoms with Gasteiger partial charge in [-0.1, -0.05) is 49.1 Å². The zero-order valence-electron chi connectivity index (χ0n) is 21.9.